The van der Waals surface area contributed by atoms with Gasteiger partial charge in [-0.1, -0.05) is 0 Å². The van der Waals surface area contributed by atoms with Crippen molar-refractivity contribution in [1.82, 2.24) is 5.32 Å². The molecule has 0 aliphatic carbocycles. The van der Waals surface area contributed by atoms with Crippen molar-refractivity contribution in [1.29, 1.82) is 0 Å². The van der Waals surface area contributed by atoms with E-state index >= 15 is 0 Å². The van der Waals surface area contributed by atoms with Gasteiger partial charge in [0.25, 0.3) is 0 Å². The van der Waals surface area contributed by atoms with Crippen molar-refractivity contribution >= 4 is 5.97 Å². The zero-order chi connectivity index (χ0) is 11.9. The third-order valence-electron chi connectivity index (χ3n) is 2.45. The summed E-state index contributed by atoms with van der Waals surface area (Å²) in [6.07, 6.45) is 0.812. The van der Waals surface area contributed by atoms with Gasteiger partial charge in [-0.2, -0.15) is 0 Å². The van der Waals surface area contributed by atoms with Crippen molar-refractivity contribution in [2.75, 3.05) is 0 Å². The monoisotopic (exact) mass is 215 g/mol. The number of carbonyl (C=O) groups is 1. The zero-order valence-electron chi connectivity index (χ0n) is 10.2. The highest BCUT2D eigenvalue weighted by molar-refractivity contribution is 5.66. The Kier molecular flexibility index (Phi) is 2.87. The second-order valence-electron chi connectivity index (χ2n) is 5.79. The van der Waals surface area contributed by atoms with E-state index in [4.69, 9.17) is 4.74 Å². The second kappa shape index (κ2) is 3.46. The van der Waals surface area contributed by atoms with Crippen molar-refractivity contribution in [3.8, 4) is 0 Å². The highest BCUT2D eigenvalue weighted by atomic mass is 16.7. The van der Waals surface area contributed by atoms with Crippen LogP contribution in [0.5, 0.6) is 0 Å². The van der Waals surface area contributed by atoms with E-state index in [2.05, 4.69) is 5.32 Å². The van der Waals surface area contributed by atoms with Gasteiger partial charge in [-0.25, -0.2) is 0 Å². The molecule has 0 aromatic carbocycles. The van der Waals surface area contributed by atoms with E-state index < -0.39 is 11.8 Å². The number of piperidine rings is 1. The first-order valence-corrected chi connectivity index (χ1v) is 5.25. The molecule has 0 unspecified atom stereocenters. The van der Waals surface area contributed by atoms with Gasteiger partial charge >= 0.3 is 5.97 Å². The molecule has 4 nitrogen and oxygen atoms in total. The average Bonchev–Trinajstić information content (AvgIpc) is 1.70. The fourth-order valence-corrected chi connectivity index (χ4v) is 2.79. The quantitative estimate of drug-likeness (QED) is 0.509. The van der Waals surface area contributed by atoms with E-state index in [9.17, 15) is 9.90 Å². The molecular formula is C11H21NO3. The summed E-state index contributed by atoms with van der Waals surface area (Å²) in [6.45, 7) is 9.27. The first kappa shape index (κ1) is 12.5. The number of nitrogens with one attached hydrogen (secondary N) is 1. The summed E-state index contributed by atoms with van der Waals surface area (Å²) < 4.78 is 5.03. The molecule has 0 atom stereocenters. The molecule has 0 aromatic heterocycles. The summed E-state index contributed by atoms with van der Waals surface area (Å²) in [6, 6.07) is 0. The highest BCUT2D eigenvalue weighted by Crippen LogP contribution is 2.36. The molecule has 0 amide bonds. The minimum absolute atomic E-state index is 0.244. The molecule has 0 saturated carbocycles. The van der Waals surface area contributed by atoms with E-state index in [0.29, 0.717) is 12.8 Å². The van der Waals surface area contributed by atoms with Crippen molar-refractivity contribution < 1.29 is 14.6 Å². The lowest BCUT2D eigenvalue weighted by atomic mass is 9.79. The largest absolute Gasteiger partial charge is 0.433 e. The number of aliphatic hydroxyl groups is 1. The Bertz CT molecular complexity index is 255. The van der Waals surface area contributed by atoms with Crippen LogP contribution < -0.4 is 5.32 Å². The average molecular weight is 215 g/mol. The van der Waals surface area contributed by atoms with E-state index in [1.807, 2.05) is 27.7 Å². The van der Waals surface area contributed by atoms with Gasteiger partial charge in [-0.15, -0.1) is 0 Å². The third kappa shape index (κ3) is 3.47. The normalized spacial score (nSPS) is 27.1. The fraction of sp³-hybridized carbons (Fsp3) is 0.909. The van der Waals surface area contributed by atoms with Crippen LogP contribution in [0, 0.1) is 0 Å². The van der Waals surface area contributed by atoms with Crippen LogP contribution in [0.2, 0.25) is 0 Å². The number of esters is 1. The van der Waals surface area contributed by atoms with Crippen LogP contribution in [0.25, 0.3) is 0 Å². The van der Waals surface area contributed by atoms with Gasteiger partial charge in [0.15, 0.2) is 0 Å². The van der Waals surface area contributed by atoms with Gasteiger partial charge in [0.2, 0.25) is 5.79 Å². The molecule has 1 fully saturated rings. The Balaban J connectivity index is 2.86. The Labute approximate surface area is 91.0 Å². The Morgan fingerprint density at radius 2 is 1.60 bits per heavy atom. The van der Waals surface area contributed by atoms with E-state index in [0.717, 1.165) is 0 Å². The third-order valence-corrected chi connectivity index (χ3v) is 2.45. The highest BCUT2D eigenvalue weighted by Gasteiger charge is 2.48. The second-order valence-corrected chi connectivity index (χ2v) is 5.79. The van der Waals surface area contributed by atoms with Crippen molar-refractivity contribution in [2.45, 2.75) is 64.3 Å². The Morgan fingerprint density at radius 3 is 1.93 bits per heavy atom. The molecule has 2 N–H and O–H groups in total. The van der Waals surface area contributed by atoms with Gasteiger partial charge in [0.1, 0.15) is 0 Å². The lowest BCUT2D eigenvalue weighted by Crippen LogP contribution is -2.64. The number of rotatable bonds is 1. The summed E-state index contributed by atoms with van der Waals surface area (Å²) in [5.41, 5.74) is -0.488. The van der Waals surface area contributed by atoms with Crippen LogP contribution in [0.3, 0.4) is 0 Å². The maximum Gasteiger partial charge on any atom is 0.305 e. The predicted molar refractivity (Wildman–Crippen MR) is 57.2 cm³/mol. The first-order valence-electron chi connectivity index (χ1n) is 5.25. The molecule has 0 radical (unpaired) electrons. The number of hydrogen-bond donors (Lipinski definition) is 2. The van der Waals surface area contributed by atoms with Gasteiger partial charge in [-0.3, -0.25) is 4.79 Å². The molecule has 1 saturated heterocycles. The Hall–Kier alpha value is -0.610. The number of hydrogen-bond acceptors (Lipinski definition) is 4. The van der Waals surface area contributed by atoms with Crippen molar-refractivity contribution in [2.24, 2.45) is 0 Å². The molecule has 1 rings (SSSR count). The molecule has 1 heterocycles. The lowest BCUT2D eigenvalue weighted by molar-refractivity contribution is -0.235. The minimum atomic E-state index is -1.34. The van der Waals surface area contributed by atoms with Gasteiger partial charge in [0, 0.05) is 30.8 Å². The molecule has 0 spiro atoms. The molecule has 4 heteroatoms. The summed E-state index contributed by atoms with van der Waals surface area (Å²) in [5.74, 6) is -1.78. The standard InChI is InChI=1S/C11H21NO3/c1-8(13)15-11(14)6-9(2,3)12-10(4,5)7-11/h12,14H,6-7H2,1-5H3. The molecule has 15 heavy (non-hydrogen) atoms. The number of carbonyl (C=O) groups excluding carboxylic acids is 1. The molecule has 1 aliphatic heterocycles. The van der Waals surface area contributed by atoms with Gasteiger partial charge in [-0.05, 0) is 27.7 Å². The van der Waals surface area contributed by atoms with Gasteiger partial charge in [0.05, 0.1) is 0 Å². The summed E-state index contributed by atoms with van der Waals surface area (Å²) >= 11 is 0. The molecule has 0 aromatic rings. The summed E-state index contributed by atoms with van der Waals surface area (Å²) in [4.78, 5) is 10.9. The minimum Gasteiger partial charge on any atom is -0.433 e. The van der Waals surface area contributed by atoms with Crippen molar-refractivity contribution in [3.05, 3.63) is 0 Å². The lowest BCUT2D eigenvalue weighted by Gasteiger charge is -2.49. The van der Waals surface area contributed by atoms with E-state index in [1.54, 1.807) is 0 Å². The van der Waals surface area contributed by atoms with Crippen LogP contribution in [0.4, 0.5) is 0 Å². The van der Waals surface area contributed by atoms with E-state index in [1.165, 1.54) is 6.92 Å². The summed E-state index contributed by atoms with van der Waals surface area (Å²) in [7, 11) is 0. The van der Waals surface area contributed by atoms with Crippen LogP contribution in [0.15, 0.2) is 0 Å². The first-order chi connectivity index (χ1) is 6.54. The van der Waals surface area contributed by atoms with Crippen LogP contribution in [-0.4, -0.2) is 27.9 Å². The Morgan fingerprint density at radius 1 is 1.20 bits per heavy atom. The topological polar surface area (TPSA) is 58.6 Å². The van der Waals surface area contributed by atoms with Gasteiger partial charge < -0.3 is 15.2 Å². The van der Waals surface area contributed by atoms with Crippen LogP contribution >= 0.6 is 0 Å². The SMILES string of the molecule is CC(=O)OC1(O)CC(C)(C)NC(C)(C)C1. The number of ether oxygens (including phenoxy) is 1. The molecule has 0 bridgehead atoms. The van der Waals surface area contributed by atoms with Crippen molar-refractivity contribution in [3.63, 3.8) is 0 Å². The maximum atomic E-state index is 10.9. The van der Waals surface area contributed by atoms with E-state index in [-0.39, 0.29) is 11.1 Å². The van der Waals surface area contributed by atoms with Crippen LogP contribution in [-0.2, 0) is 9.53 Å². The fourth-order valence-electron chi connectivity index (χ4n) is 2.79. The van der Waals surface area contributed by atoms with Crippen LogP contribution in [0.1, 0.15) is 47.5 Å². The predicted octanol–water partition coefficient (Wildman–Crippen LogP) is 1.18. The molecular weight excluding hydrogens is 194 g/mol. The molecule has 1 aliphatic rings. The molecule has 88 valence electrons. The summed E-state index contributed by atoms with van der Waals surface area (Å²) in [5, 5.41) is 13.6. The smallest absolute Gasteiger partial charge is 0.305 e. The maximum absolute atomic E-state index is 10.9. The zero-order valence-corrected chi connectivity index (χ0v) is 10.2.